The number of hydrogen-bond acceptors (Lipinski definition) is 0. The normalized spacial score (nSPS) is 13.8. The molecule has 2 atom stereocenters. The molecule has 3 heteroatoms. The van der Waals surface area contributed by atoms with Gasteiger partial charge in [-0.15, -0.1) is 17.5 Å². The van der Waals surface area contributed by atoms with Crippen molar-refractivity contribution in [1.29, 1.82) is 0 Å². The van der Waals surface area contributed by atoms with Gasteiger partial charge in [-0.2, -0.15) is 29.8 Å². The van der Waals surface area contributed by atoms with Crippen molar-refractivity contribution in [3.05, 3.63) is 155 Å². The number of hydrogen-bond donors (Lipinski definition) is 0. The van der Waals surface area contributed by atoms with Gasteiger partial charge in [-0.3, -0.25) is 6.08 Å². The van der Waals surface area contributed by atoms with E-state index in [9.17, 15) is 0 Å². The summed E-state index contributed by atoms with van der Waals surface area (Å²) < 4.78 is 1.61. The molecule has 0 fully saturated rings. The second-order valence-corrected chi connectivity index (χ2v) is 15.5. The van der Waals surface area contributed by atoms with Crippen molar-refractivity contribution in [2.75, 3.05) is 0 Å². The predicted molar refractivity (Wildman–Crippen MR) is 187 cm³/mol. The second-order valence-electron chi connectivity index (χ2n) is 14.0. The number of rotatable bonds is 4. The van der Waals surface area contributed by atoms with E-state index in [4.69, 9.17) is 0 Å². The number of fused-ring (bicyclic) bond motifs is 3. The molecule has 240 valence electrons. The summed E-state index contributed by atoms with van der Waals surface area (Å²) in [6.07, 6.45) is 11.0. The molecule has 0 N–H and O–H groups in total. The van der Waals surface area contributed by atoms with Crippen LogP contribution >= 0.6 is 0 Å². The molecule has 0 bridgehead atoms. The molecule has 6 rings (SSSR count). The van der Waals surface area contributed by atoms with Crippen molar-refractivity contribution in [2.45, 2.75) is 90.9 Å². The molecule has 0 spiro atoms. The smallest absolute Gasteiger partial charge is 0.109 e. The van der Waals surface area contributed by atoms with Gasteiger partial charge in [0.05, 0.1) is 0 Å². The van der Waals surface area contributed by atoms with Crippen molar-refractivity contribution in [1.82, 2.24) is 0 Å². The number of allylic oxidation sites excluding steroid dienone is 4. The van der Waals surface area contributed by atoms with Gasteiger partial charge in [-0.1, -0.05) is 65.3 Å². The van der Waals surface area contributed by atoms with E-state index in [0.29, 0.717) is 11.8 Å². The van der Waals surface area contributed by atoms with Gasteiger partial charge in [0.2, 0.25) is 0 Å². The van der Waals surface area contributed by atoms with Crippen LogP contribution in [0.3, 0.4) is 0 Å². The first-order valence-corrected chi connectivity index (χ1v) is 17.2. The second kappa shape index (κ2) is 17.7. The van der Waals surface area contributed by atoms with Gasteiger partial charge >= 0.3 is 125 Å². The van der Waals surface area contributed by atoms with E-state index in [-0.39, 0.29) is 35.6 Å². The van der Waals surface area contributed by atoms with E-state index in [2.05, 4.69) is 165 Å². The fraction of sp³-hybridized carbons (Fsp3) is 0.326. The van der Waals surface area contributed by atoms with Crippen molar-refractivity contribution < 1.29 is 49.0 Å². The summed E-state index contributed by atoms with van der Waals surface area (Å²) in [6.45, 7) is 18.2. The molecule has 0 nitrogen and oxygen atoms in total. The van der Waals surface area contributed by atoms with Crippen LogP contribution in [-0.4, -0.2) is 3.21 Å². The largest absolute Gasteiger partial charge is 1.00 e. The zero-order valence-corrected chi connectivity index (χ0v) is 32.7. The molecule has 0 saturated carbocycles. The van der Waals surface area contributed by atoms with Crippen LogP contribution in [0, 0.1) is 12.1 Å². The van der Waals surface area contributed by atoms with Crippen LogP contribution in [0.2, 0.25) is 0 Å². The maximum Gasteiger partial charge on any atom is -0.109 e. The van der Waals surface area contributed by atoms with Gasteiger partial charge in [0, 0.05) is 0 Å². The van der Waals surface area contributed by atoms with Crippen LogP contribution in [0.15, 0.2) is 109 Å². The van der Waals surface area contributed by atoms with Gasteiger partial charge in [0.1, 0.15) is 0 Å². The Labute approximate surface area is 307 Å². The van der Waals surface area contributed by atoms with E-state index in [1.807, 2.05) is 12.2 Å². The molecule has 0 aliphatic heterocycles. The van der Waals surface area contributed by atoms with E-state index < -0.39 is 0 Å². The molecule has 46 heavy (non-hydrogen) atoms. The molecule has 2 unspecified atom stereocenters. The van der Waals surface area contributed by atoms with E-state index in [0.717, 1.165) is 12.8 Å². The average molecular weight is 727 g/mol. The van der Waals surface area contributed by atoms with Crippen LogP contribution in [0.25, 0.3) is 11.1 Å². The summed E-state index contributed by atoms with van der Waals surface area (Å²) in [7, 11) is 0. The summed E-state index contributed by atoms with van der Waals surface area (Å²) in [5, 5.41) is 0. The third-order valence-corrected chi connectivity index (χ3v) is 10.7. The summed E-state index contributed by atoms with van der Waals surface area (Å²) in [5.74, 6) is 1.08. The average Bonchev–Trinajstić information content (AvgIpc) is 3.72. The Kier molecular flexibility index (Phi) is 15.4. The zero-order chi connectivity index (χ0) is 31.9. The van der Waals surface area contributed by atoms with Crippen molar-refractivity contribution >= 4 is 3.21 Å². The van der Waals surface area contributed by atoms with Gasteiger partial charge in [-0.05, 0) is 28.4 Å². The Morgan fingerprint density at radius 1 is 0.696 bits per heavy atom. The quantitative estimate of drug-likeness (QED) is 0.222. The Balaban J connectivity index is 0.000000270. The Bertz CT molecular complexity index is 1480. The van der Waals surface area contributed by atoms with Gasteiger partial charge < -0.3 is 24.8 Å². The van der Waals surface area contributed by atoms with Crippen LogP contribution in [0.4, 0.5) is 0 Å². The summed E-state index contributed by atoms with van der Waals surface area (Å²) in [6, 6.07) is 36.8. The van der Waals surface area contributed by atoms with Gasteiger partial charge in [-0.25, -0.2) is 12.2 Å². The Morgan fingerprint density at radius 2 is 1.24 bits per heavy atom. The first kappa shape index (κ1) is 39.9. The van der Waals surface area contributed by atoms with Crippen LogP contribution in [0.1, 0.15) is 107 Å². The topological polar surface area (TPSA) is 0 Å². The predicted octanol–water partition coefficient (Wildman–Crippen LogP) is 5.28. The monoisotopic (exact) mass is 724 g/mol. The molecule has 2 aliphatic rings. The maximum absolute atomic E-state index is 3.67. The fourth-order valence-electron chi connectivity index (χ4n) is 5.59. The molecule has 0 radical (unpaired) electrons. The Hall–Kier alpha value is -2.31. The number of benzene rings is 4. The molecular weight excluding hydrogens is 679 g/mol. The summed E-state index contributed by atoms with van der Waals surface area (Å²) >= 11 is 1.54. The molecular formula is C43H48Cl2Zr-2. The van der Waals surface area contributed by atoms with Crippen molar-refractivity contribution in [3.8, 4) is 11.1 Å². The third kappa shape index (κ3) is 10.6. The SMILES string of the molecule is CC(C)(C)c1[c-]c2c(cc1)-c1ccc(C(C)(C)C)cc1C2.CC([C](=[Zr+2])C(C)c1ccccc1)c1ccccc1.[C-]1=CC=CC1.[Cl-].[Cl-]. The third-order valence-electron chi connectivity index (χ3n) is 8.58. The van der Waals surface area contributed by atoms with E-state index >= 15 is 0 Å². The molecule has 0 aromatic heterocycles. The van der Waals surface area contributed by atoms with Gasteiger partial charge in [0.25, 0.3) is 0 Å². The van der Waals surface area contributed by atoms with Crippen molar-refractivity contribution in [3.63, 3.8) is 0 Å². The first-order chi connectivity index (χ1) is 20.9. The first-order valence-electron chi connectivity index (χ1n) is 16.0. The van der Waals surface area contributed by atoms with Crippen LogP contribution < -0.4 is 24.8 Å². The van der Waals surface area contributed by atoms with Gasteiger partial charge in [0.15, 0.2) is 0 Å². The van der Waals surface area contributed by atoms with E-state index in [1.165, 1.54) is 44.5 Å². The summed E-state index contributed by atoms with van der Waals surface area (Å²) in [4.78, 5) is 0. The minimum absolute atomic E-state index is 0. The Morgan fingerprint density at radius 3 is 1.67 bits per heavy atom. The number of halogens is 2. The minimum Gasteiger partial charge on any atom is -1.00 e. The van der Waals surface area contributed by atoms with Crippen LogP contribution in [-0.2, 0) is 41.5 Å². The maximum atomic E-state index is 3.67. The zero-order valence-electron chi connectivity index (χ0n) is 28.7. The van der Waals surface area contributed by atoms with Crippen molar-refractivity contribution in [2.24, 2.45) is 0 Å². The fourth-order valence-corrected chi connectivity index (χ4v) is 6.40. The minimum atomic E-state index is 0. The molecule has 4 aromatic carbocycles. The summed E-state index contributed by atoms with van der Waals surface area (Å²) in [5.41, 5.74) is 11.6. The standard InChI is InChI=1S/C21H25.C17H18.C5H5.2ClH.Zr/c1-20(2,3)16-7-9-18-14(12-16)11-15-13-17(21(4,5)6)8-10-19(15)18;1-14(16-9-5-3-6-10-16)13-15(2)17-11-7-4-8-12-17;1-2-4-5-3-1;;;/h7-10,12H,11H2,1-6H3;3-12,14-15H,1-2H3;1-3H,4H2;2*1H;/q-1;;-1;;;+2/p-2. The van der Waals surface area contributed by atoms with Crippen LogP contribution in [0.5, 0.6) is 0 Å². The molecule has 4 aromatic rings. The van der Waals surface area contributed by atoms with E-state index in [1.54, 1.807) is 27.4 Å². The molecule has 0 heterocycles. The molecule has 2 aliphatic carbocycles. The molecule has 0 amide bonds. The molecule has 0 saturated heterocycles.